The largest absolute Gasteiger partial charge is 0.494 e. The SMILES string of the molecule is CNCC1CCCN1C(=O)CCCOc1cccc(C)c1. The Balaban J connectivity index is 1.69. The first-order valence-corrected chi connectivity index (χ1v) is 7.84. The molecule has 1 aromatic rings. The summed E-state index contributed by atoms with van der Waals surface area (Å²) in [7, 11) is 1.94. The predicted molar refractivity (Wildman–Crippen MR) is 84.6 cm³/mol. The van der Waals surface area contributed by atoms with E-state index in [1.807, 2.05) is 43.1 Å². The molecule has 1 aromatic carbocycles. The van der Waals surface area contributed by atoms with E-state index in [1.54, 1.807) is 0 Å². The summed E-state index contributed by atoms with van der Waals surface area (Å²) in [6, 6.07) is 8.39. The second-order valence-electron chi connectivity index (χ2n) is 5.71. The number of nitrogens with one attached hydrogen (secondary N) is 1. The predicted octanol–water partition coefficient (Wildman–Crippen LogP) is 2.36. The van der Waals surface area contributed by atoms with Gasteiger partial charge in [0.1, 0.15) is 5.75 Å². The van der Waals surface area contributed by atoms with E-state index in [0.717, 1.165) is 38.1 Å². The molecule has 1 amide bonds. The minimum atomic E-state index is 0.264. The van der Waals surface area contributed by atoms with Gasteiger partial charge in [-0.25, -0.2) is 0 Å². The molecule has 0 bridgehead atoms. The number of carbonyl (C=O) groups excluding carboxylic acids is 1. The van der Waals surface area contributed by atoms with Crippen LogP contribution in [0.25, 0.3) is 0 Å². The number of hydrogen-bond donors (Lipinski definition) is 1. The maximum absolute atomic E-state index is 12.2. The van der Waals surface area contributed by atoms with E-state index < -0.39 is 0 Å². The number of ether oxygens (including phenoxy) is 1. The number of aryl methyl sites for hydroxylation is 1. The highest BCUT2D eigenvalue weighted by Crippen LogP contribution is 2.18. The molecule has 1 fully saturated rings. The number of hydrogen-bond acceptors (Lipinski definition) is 3. The highest BCUT2D eigenvalue weighted by molar-refractivity contribution is 5.76. The molecule has 1 aliphatic rings. The average molecular weight is 290 g/mol. The maximum Gasteiger partial charge on any atom is 0.222 e. The van der Waals surface area contributed by atoms with Crippen molar-refractivity contribution in [1.29, 1.82) is 0 Å². The fourth-order valence-corrected chi connectivity index (χ4v) is 2.87. The molecule has 1 heterocycles. The second kappa shape index (κ2) is 8.03. The lowest BCUT2D eigenvalue weighted by Crippen LogP contribution is -2.40. The number of rotatable bonds is 7. The van der Waals surface area contributed by atoms with Gasteiger partial charge >= 0.3 is 0 Å². The lowest BCUT2D eigenvalue weighted by molar-refractivity contribution is -0.132. The van der Waals surface area contributed by atoms with Gasteiger partial charge in [-0.05, 0) is 50.9 Å². The first kappa shape index (κ1) is 15.8. The second-order valence-corrected chi connectivity index (χ2v) is 5.71. The van der Waals surface area contributed by atoms with Crippen LogP contribution in [0.1, 0.15) is 31.2 Å². The van der Waals surface area contributed by atoms with Crippen LogP contribution >= 0.6 is 0 Å². The lowest BCUT2D eigenvalue weighted by atomic mass is 10.2. The van der Waals surface area contributed by atoms with Crippen molar-refractivity contribution in [2.75, 3.05) is 26.7 Å². The summed E-state index contributed by atoms with van der Waals surface area (Å²) in [5.41, 5.74) is 1.19. The Bertz CT molecular complexity index is 462. The molecule has 0 spiro atoms. The molecule has 1 aliphatic heterocycles. The first-order chi connectivity index (χ1) is 10.2. The molecular formula is C17H26N2O2. The highest BCUT2D eigenvalue weighted by Gasteiger charge is 2.27. The molecule has 21 heavy (non-hydrogen) atoms. The molecule has 1 atom stereocenters. The highest BCUT2D eigenvalue weighted by atomic mass is 16.5. The Kier molecular flexibility index (Phi) is 6.05. The van der Waals surface area contributed by atoms with Gasteiger partial charge in [0, 0.05) is 25.6 Å². The maximum atomic E-state index is 12.2. The van der Waals surface area contributed by atoms with Gasteiger partial charge in [-0.1, -0.05) is 12.1 Å². The van der Waals surface area contributed by atoms with E-state index in [9.17, 15) is 4.79 Å². The summed E-state index contributed by atoms with van der Waals surface area (Å²) < 4.78 is 5.69. The third-order valence-electron chi connectivity index (χ3n) is 3.93. The number of likely N-dealkylation sites (tertiary alicyclic amines) is 1. The van der Waals surface area contributed by atoms with Gasteiger partial charge in [0.15, 0.2) is 0 Å². The number of likely N-dealkylation sites (N-methyl/N-ethyl adjacent to an activating group) is 1. The Labute approximate surface area is 127 Å². The number of benzene rings is 1. The van der Waals surface area contributed by atoms with Gasteiger partial charge in [0.2, 0.25) is 5.91 Å². The Hall–Kier alpha value is -1.55. The van der Waals surface area contributed by atoms with Crippen molar-refractivity contribution in [1.82, 2.24) is 10.2 Å². The molecule has 0 aromatic heterocycles. The zero-order valence-corrected chi connectivity index (χ0v) is 13.1. The number of amides is 1. The Morgan fingerprint density at radius 1 is 1.48 bits per heavy atom. The van der Waals surface area contributed by atoms with Crippen LogP contribution in [0.15, 0.2) is 24.3 Å². The monoisotopic (exact) mass is 290 g/mol. The summed E-state index contributed by atoms with van der Waals surface area (Å²) in [6.45, 7) is 4.45. The van der Waals surface area contributed by atoms with Crippen molar-refractivity contribution >= 4 is 5.91 Å². The van der Waals surface area contributed by atoms with Gasteiger partial charge < -0.3 is 15.0 Å². The van der Waals surface area contributed by atoms with Gasteiger partial charge in [-0.2, -0.15) is 0 Å². The van der Waals surface area contributed by atoms with E-state index in [1.165, 1.54) is 5.56 Å². The first-order valence-electron chi connectivity index (χ1n) is 7.84. The van der Waals surface area contributed by atoms with Gasteiger partial charge in [0.25, 0.3) is 0 Å². The summed E-state index contributed by atoms with van der Waals surface area (Å²) >= 11 is 0. The average Bonchev–Trinajstić information content (AvgIpc) is 2.92. The minimum absolute atomic E-state index is 0.264. The van der Waals surface area contributed by atoms with Crippen LogP contribution in [0.3, 0.4) is 0 Å². The van der Waals surface area contributed by atoms with Crippen molar-refractivity contribution < 1.29 is 9.53 Å². The smallest absolute Gasteiger partial charge is 0.222 e. The van der Waals surface area contributed by atoms with Crippen LogP contribution in [-0.4, -0.2) is 43.6 Å². The summed E-state index contributed by atoms with van der Waals surface area (Å²) in [5.74, 6) is 1.15. The van der Waals surface area contributed by atoms with Gasteiger partial charge in [0.05, 0.1) is 6.61 Å². The molecule has 1 N–H and O–H groups in total. The quantitative estimate of drug-likeness (QED) is 0.784. The van der Waals surface area contributed by atoms with Crippen molar-refractivity contribution in [3.63, 3.8) is 0 Å². The minimum Gasteiger partial charge on any atom is -0.494 e. The molecule has 0 radical (unpaired) electrons. The molecule has 1 saturated heterocycles. The third kappa shape index (κ3) is 4.74. The molecule has 4 heteroatoms. The molecule has 4 nitrogen and oxygen atoms in total. The topological polar surface area (TPSA) is 41.6 Å². The van der Waals surface area contributed by atoms with Crippen LogP contribution in [0.5, 0.6) is 5.75 Å². The van der Waals surface area contributed by atoms with E-state index >= 15 is 0 Å². The van der Waals surface area contributed by atoms with E-state index in [0.29, 0.717) is 19.1 Å². The molecule has 116 valence electrons. The number of nitrogens with zero attached hydrogens (tertiary/aromatic N) is 1. The summed E-state index contributed by atoms with van der Waals surface area (Å²) in [4.78, 5) is 14.3. The summed E-state index contributed by atoms with van der Waals surface area (Å²) in [5, 5.41) is 3.17. The van der Waals surface area contributed by atoms with Crippen LogP contribution in [0, 0.1) is 6.92 Å². The molecular weight excluding hydrogens is 264 g/mol. The third-order valence-corrected chi connectivity index (χ3v) is 3.93. The normalized spacial score (nSPS) is 18.0. The molecule has 2 rings (SSSR count). The van der Waals surface area contributed by atoms with Crippen molar-refractivity contribution in [3.05, 3.63) is 29.8 Å². The Morgan fingerprint density at radius 2 is 2.33 bits per heavy atom. The number of carbonyl (C=O) groups is 1. The van der Waals surface area contributed by atoms with Crippen LogP contribution in [0.4, 0.5) is 0 Å². The van der Waals surface area contributed by atoms with Crippen molar-refractivity contribution in [2.24, 2.45) is 0 Å². The zero-order valence-electron chi connectivity index (χ0n) is 13.1. The van der Waals surface area contributed by atoms with E-state index in [4.69, 9.17) is 4.74 Å². The molecule has 1 unspecified atom stereocenters. The van der Waals surface area contributed by atoms with Crippen LogP contribution in [0.2, 0.25) is 0 Å². The van der Waals surface area contributed by atoms with Crippen LogP contribution < -0.4 is 10.1 Å². The van der Waals surface area contributed by atoms with Gasteiger partial charge in [-0.15, -0.1) is 0 Å². The lowest BCUT2D eigenvalue weighted by Gasteiger charge is -2.24. The van der Waals surface area contributed by atoms with Crippen molar-refractivity contribution in [3.8, 4) is 5.75 Å². The van der Waals surface area contributed by atoms with Crippen molar-refractivity contribution in [2.45, 2.75) is 38.6 Å². The van der Waals surface area contributed by atoms with E-state index in [-0.39, 0.29) is 5.91 Å². The van der Waals surface area contributed by atoms with Gasteiger partial charge in [-0.3, -0.25) is 4.79 Å². The summed E-state index contributed by atoms with van der Waals surface area (Å²) in [6.07, 6.45) is 3.59. The van der Waals surface area contributed by atoms with E-state index in [2.05, 4.69) is 5.32 Å². The fraction of sp³-hybridized carbons (Fsp3) is 0.588. The fourth-order valence-electron chi connectivity index (χ4n) is 2.87. The Morgan fingerprint density at radius 3 is 3.10 bits per heavy atom. The molecule has 0 aliphatic carbocycles. The molecule has 0 saturated carbocycles. The standard InChI is InChI=1S/C17H26N2O2/c1-14-6-3-8-16(12-14)21-11-5-9-17(20)19-10-4-7-15(19)13-18-2/h3,6,8,12,15,18H,4-5,7,9-11,13H2,1-2H3. The zero-order chi connectivity index (χ0) is 15.1. The van der Waals surface area contributed by atoms with Crippen LogP contribution in [-0.2, 0) is 4.79 Å².